The molecule has 7 heteroatoms. The van der Waals surface area contributed by atoms with Crippen molar-refractivity contribution >= 4 is 40.1 Å². The van der Waals surface area contributed by atoms with E-state index in [0.29, 0.717) is 15.9 Å². The number of anilines is 2. The Morgan fingerprint density at radius 2 is 1.96 bits per heavy atom. The molecular weight excluding hydrogens is 334 g/mol. The normalized spacial score (nSPS) is 11.5. The van der Waals surface area contributed by atoms with Gasteiger partial charge in [-0.3, -0.25) is 0 Å². The van der Waals surface area contributed by atoms with Gasteiger partial charge in [0, 0.05) is 16.5 Å². The van der Waals surface area contributed by atoms with E-state index in [9.17, 15) is 8.78 Å². The minimum atomic E-state index is -0.857. The Morgan fingerprint density at radius 3 is 2.67 bits per heavy atom. The molecule has 0 fully saturated rings. The van der Waals surface area contributed by atoms with Crippen molar-refractivity contribution in [1.82, 2.24) is 9.97 Å². The highest BCUT2D eigenvalue weighted by Gasteiger charge is 2.13. The number of halogens is 3. The Labute approximate surface area is 142 Å². The number of nitriles is 1. The zero-order valence-electron chi connectivity index (χ0n) is 13.0. The van der Waals surface area contributed by atoms with Gasteiger partial charge in [-0.15, -0.1) is 0 Å². The smallest absolute Gasteiger partial charge is 0.150 e. The molecule has 1 heterocycles. The highest BCUT2D eigenvalue weighted by molar-refractivity contribution is 6.31. The molecule has 0 spiro atoms. The van der Waals surface area contributed by atoms with Crippen LogP contribution in [-0.4, -0.2) is 9.97 Å². The number of nitrogens with zero attached hydrogens (tertiary/aromatic N) is 3. The molecule has 0 amide bonds. The standard InChI is InChI=1S/C17H9ClF2N4/c18-11-3-4-12-15(8-11)22-9-23-17(12)24-16-13(19)6-10(2-1-5-21)7-14(16)20/h1-4,6-9H,(H,22,23,24)/i9D. The van der Waals surface area contributed by atoms with Crippen LogP contribution in [0.15, 0.2) is 42.7 Å². The van der Waals surface area contributed by atoms with Gasteiger partial charge in [0.2, 0.25) is 0 Å². The van der Waals surface area contributed by atoms with E-state index >= 15 is 0 Å². The van der Waals surface area contributed by atoms with E-state index in [-0.39, 0.29) is 17.7 Å². The lowest BCUT2D eigenvalue weighted by atomic mass is 10.1. The Morgan fingerprint density at radius 1 is 1.21 bits per heavy atom. The molecule has 0 radical (unpaired) electrons. The van der Waals surface area contributed by atoms with Gasteiger partial charge < -0.3 is 5.32 Å². The second-order valence-corrected chi connectivity index (χ2v) is 5.22. The fraction of sp³-hybridized carbons (Fsp3) is 0. The Balaban J connectivity index is 2.08. The predicted molar refractivity (Wildman–Crippen MR) is 88.8 cm³/mol. The monoisotopic (exact) mass is 343 g/mol. The van der Waals surface area contributed by atoms with Crippen molar-refractivity contribution in [2.24, 2.45) is 0 Å². The minimum absolute atomic E-state index is 0.0878. The SMILES string of the molecule is [2H]c1nc(Nc2c(F)cc(C=CC#N)cc2F)c2ccc(Cl)cc2n1. The lowest BCUT2D eigenvalue weighted by Gasteiger charge is -2.11. The lowest BCUT2D eigenvalue weighted by Crippen LogP contribution is -2.01. The average Bonchev–Trinajstić information content (AvgIpc) is 2.55. The van der Waals surface area contributed by atoms with Crippen LogP contribution in [0.5, 0.6) is 0 Å². The molecule has 0 aliphatic carbocycles. The molecule has 0 unspecified atom stereocenters. The van der Waals surface area contributed by atoms with Crippen LogP contribution < -0.4 is 5.32 Å². The molecule has 1 N–H and O–H groups in total. The van der Waals surface area contributed by atoms with Crippen LogP contribution in [0, 0.1) is 23.0 Å². The zero-order chi connectivity index (χ0) is 18.0. The lowest BCUT2D eigenvalue weighted by molar-refractivity contribution is 0.590. The molecule has 0 saturated carbocycles. The number of nitrogens with one attached hydrogen (secondary N) is 1. The van der Waals surface area contributed by atoms with Crippen LogP contribution in [0.4, 0.5) is 20.3 Å². The number of allylic oxidation sites excluding steroid dienone is 1. The second kappa shape index (κ2) is 6.60. The summed E-state index contributed by atoms with van der Waals surface area (Å²) in [5.74, 6) is -1.63. The summed E-state index contributed by atoms with van der Waals surface area (Å²) in [5, 5.41) is 11.9. The topological polar surface area (TPSA) is 61.6 Å². The third-order valence-electron chi connectivity index (χ3n) is 3.21. The number of hydrogen-bond donors (Lipinski definition) is 1. The van der Waals surface area contributed by atoms with Gasteiger partial charge in [-0.1, -0.05) is 11.6 Å². The Kier molecular flexibility index (Phi) is 4.00. The van der Waals surface area contributed by atoms with Gasteiger partial charge in [-0.25, -0.2) is 18.7 Å². The van der Waals surface area contributed by atoms with E-state index in [1.165, 1.54) is 12.1 Å². The first kappa shape index (κ1) is 14.5. The van der Waals surface area contributed by atoms with E-state index in [1.807, 2.05) is 0 Å². The quantitative estimate of drug-likeness (QED) is 0.691. The van der Waals surface area contributed by atoms with E-state index in [4.69, 9.17) is 18.2 Å². The Bertz CT molecular complexity index is 1020. The summed E-state index contributed by atoms with van der Waals surface area (Å²) < 4.78 is 36.2. The van der Waals surface area contributed by atoms with Crippen LogP contribution in [0.25, 0.3) is 17.0 Å². The van der Waals surface area contributed by atoms with Crippen LogP contribution in [-0.2, 0) is 0 Å². The number of aromatic nitrogens is 2. The van der Waals surface area contributed by atoms with Gasteiger partial charge in [0.25, 0.3) is 0 Å². The highest BCUT2D eigenvalue weighted by atomic mass is 35.5. The van der Waals surface area contributed by atoms with Crippen LogP contribution in [0.3, 0.4) is 0 Å². The van der Waals surface area contributed by atoms with Crippen LogP contribution >= 0.6 is 11.6 Å². The summed E-state index contributed by atoms with van der Waals surface area (Å²) in [6.07, 6.45) is 2.10. The molecule has 1 aromatic heterocycles. The molecule has 0 aliphatic heterocycles. The van der Waals surface area contributed by atoms with Crippen molar-refractivity contribution < 1.29 is 10.2 Å². The average molecular weight is 344 g/mol. The molecule has 0 saturated heterocycles. The van der Waals surface area contributed by atoms with Crippen molar-refractivity contribution in [3.63, 3.8) is 0 Å². The highest BCUT2D eigenvalue weighted by Crippen LogP contribution is 2.28. The van der Waals surface area contributed by atoms with Crippen LogP contribution in [0.1, 0.15) is 6.93 Å². The van der Waals surface area contributed by atoms with Crippen molar-refractivity contribution in [3.8, 4) is 6.07 Å². The molecule has 3 aromatic rings. The fourth-order valence-electron chi connectivity index (χ4n) is 2.14. The third kappa shape index (κ3) is 3.16. The van der Waals surface area contributed by atoms with E-state index < -0.39 is 17.3 Å². The summed E-state index contributed by atoms with van der Waals surface area (Å²) >= 11 is 5.90. The van der Waals surface area contributed by atoms with Crippen molar-refractivity contribution in [3.05, 3.63) is 64.9 Å². The van der Waals surface area contributed by atoms with Crippen molar-refractivity contribution in [2.45, 2.75) is 0 Å². The van der Waals surface area contributed by atoms with Gasteiger partial charge >= 0.3 is 0 Å². The summed E-state index contributed by atoms with van der Waals surface area (Å²) in [7, 11) is 0. The van der Waals surface area contributed by atoms with E-state index in [0.717, 1.165) is 18.2 Å². The minimum Gasteiger partial charge on any atom is -0.335 e. The first-order valence-electron chi connectivity index (χ1n) is 7.24. The van der Waals surface area contributed by atoms with Gasteiger partial charge in [0.1, 0.15) is 30.8 Å². The summed E-state index contributed by atoms with van der Waals surface area (Å²) in [4.78, 5) is 7.83. The van der Waals surface area contributed by atoms with Gasteiger partial charge in [-0.2, -0.15) is 5.26 Å². The third-order valence-corrected chi connectivity index (χ3v) is 3.44. The maximum Gasteiger partial charge on any atom is 0.150 e. The summed E-state index contributed by atoms with van der Waals surface area (Å²) in [6.45, 7) is 0. The molecule has 3 rings (SSSR count). The van der Waals surface area contributed by atoms with Crippen molar-refractivity contribution in [1.29, 1.82) is 5.26 Å². The molecule has 24 heavy (non-hydrogen) atoms. The van der Waals surface area contributed by atoms with Crippen molar-refractivity contribution in [2.75, 3.05) is 5.32 Å². The number of hydrogen-bond acceptors (Lipinski definition) is 4. The molecule has 0 bridgehead atoms. The van der Waals surface area contributed by atoms with E-state index in [2.05, 4.69) is 15.3 Å². The molecule has 118 valence electrons. The van der Waals surface area contributed by atoms with Gasteiger partial charge in [0.05, 0.1) is 11.6 Å². The number of fused-ring (bicyclic) bond motifs is 1. The summed E-state index contributed by atoms with van der Waals surface area (Å²) in [5.41, 5.74) is 0.176. The van der Waals surface area contributed by atoms with Crippen LogP contribution in [0.2, 0.25) is 5.02 Å². The molecule has 0 atom stereocenters. The molecular formula is C17H9ClF2N4. The zero-order valence-corrected chi connectivity index (χ0v) is 12.8. The largest absolute Gasteiger partial charge is 0.335 e. The number of rotatable bonds is 3. The first-order chi connectivity index (χ1) is 12.0. The molecule has 0 aliphatic rings. The number of benzene rings is 2. The van der Waals surface area contributed by atoms with E-state index in [1.54, 1.807) is 18.2 Å². The summed E-state index contributed by atoms with van der Waals surface area (Å²) in [6, 6.07) is 8.64. The maximum absolute atomic E-state index is 14.3. The molecule has 4 nitrogen and oxygen atoms in total. The predicted octanol–water partition coefficient (Wildman–Crippen LogP) is 4.84. The Hall–Kier alpha value is -3.04. The fourth-order valence-corrected chi connectivity index (χ4v) is 2.31. The maximum atomic E-state index is 14.3. The first-order valence-corrected chi connectivity index (χ1v) is 7.12. The molecule has 2 aromatic carbocycles. The van der Waals surface area contributed by atoms with Gasteiger partial charge in [-0.05, 0) is 42.0 Å². The second-order valence-electron chi connectivity index (χ2n) is 4.78. The van der Waals surface area contributed by atoms with Gasteiger partial charge in [0.15, 0.2) is 0 Å².